The third kappa shape index (κ3) is 3.84. The summed E-state index contributed by atoms with van der Waals surface area (Å²) in [7, 11) is 2.02. The van der Waals surface area contributed by atoms with Crippen molar-refractivity contribution in [2.75, 3.05) is 7.05 Å². The van der Waals surface area contributed by atoms with Crippen molar-refractivity contribution in [3.05, 3.63) is 56.7 Å². The first kappa shape index (κ1) is 13.6. The maximum absolute atomic E-state index is 5.97. The maximum Gasteiger partial charge on any atom is 0.0931 e. The van der Waals surface area contributed by atoms with Gasteiger partial charge in [-0.2, -0.15) is 0 Å². The van der Waals surface area contributed by atoms with E-state index in [-0.39, 0.29) is 0 Å². The number of aryl methyl sites for hydroxylation is 1. The summed E-state index contributed by atoms with van der Waals surface area (Å²) < 4.78 is 0.871. The van der Waals surface area contributed by atoms with Gasteiger partial charge in [0, 0.05) is 10.9 Å². The molecule has 3 heteroatoms. The first-order valence-corrected chi connectivity index (χ1v) is 7.34. The van der Waals surface area contributed by atoms with Crippen molar-refractivity contribution in [2.24, 2.45) is 0 Å². The average molecular weight is 280 g/mol. The minimum absolute atomic E-state index is 0.460. The first-order valence-electron chi connectivity index (χ1n) is 6.14. The third-order valence-corrected chi connectivity index (χ3v) is 4.30. The van der Waals surface area contributed by atoms with Crippen LogP contribution in [-0.2, 0) is 12.8 Å². The quantitative estimate of drug-likeness (QED) is 0.869. The van der Waals surface area contributed by atoms with E-state index in [2.05, 4.69) is 42.6 Å². The van der Waals surface area contributed by atoms with Crippen molar-refractivity contribution < 1.29 is 0 Å². The van der Waals surface area contributed by atoms with Crippen LogP contribution < -0.4 is 5.32 Å². The van der Waals surface area contributed by atoms with Crippen LogP contribution in [0.4, 0.5) is 0 Å². The molecule has 1 aromatic heterocycles. The van der Waals surface area contributed by atoms with E-state index in [0.29, 0.717) is 6.04 Å². The van der Waals surface area contributed by atoms with Crippen molar-refractivity contribution in [2.45, 2.75) is 25.8 Å². The highest BCUT2D eigenvalue weighted by Crippen LogP contribution is 2.23. The first-order chi connectivity index (χ1) is 8.67. The zero-order valence-corrected chi connectivity index (χ0v) is 12.3. The normalized spacial score (nSPS) is 12.6. The molecule has 0 amide bonds. The zero-order chi connectivity index (χ0) is 13.0. The van der Waals surface area contributed by atoms with Crippen molar-refractivity contribution in [3.63, 3.8) is 0 Å². The summed E-state index contributed by atoms with van der Waals surface area (Å²) >= 11 is 7.64. The maximum atomic E-state index is 5.97. The summed E-state index contributed by atoms with van der Waals surface area (Å²) in [4.78, 5) is 1.34. The molecule has 96 valence electrons. The van der Waals surface area contributed by atoms with Crippen LogP contribution in [0.3, 0.4) is 0 Å². The molecule has 0 radical (unpaired) electrons. The molecule has 0 saturated carbocycles. The van der Waals surface area contributed by atoms with E-state index in [0.717, 1.165) is 17.2 Å². The Morgan fingerprint density at radius 3 is 2.67 bits per heavy atom. The van der Waals surface area contributed by atoms with Gasteiger partial charge >= 0.3 is 0 Å². The smallest absolute Gasteiger partial charge is 0.0931 e. The lowest BCUT2D eigenvalue weighted by Crippen LogP contribution is -2.29. The van der Waals surface area contributed by atoms with Gasteiger partial charge in [0.25, 0.3) is 0 Å². The molecule has 0 saturated heterocycles. The summed E-state index contributed by atoms with van der Waals surface area (Å²) in [6.07, 6.45) is 2.08. The molecule has 1 nitrogen and oxygen atoms in total. The highest BCUT2D eigenvalue weighted by Gasteiger charge is 2.10. The summed E-state index contributed by atoms with van der Waals surface area (Å²) in [5.74, 6) is 0. The van der Waals surface area contributed by atoms with Crippen LogP contribution in [0.25, 0.3) is 0 Å². The standard InChI is InChI=1S/C15H18ClNS/c1-11-4-3-5-12(8-11)9-13(17-2)10-14-6-7-15(16)18-14/h3-8,13,17H,9-10H2,1-2H3. The highest BCUT2D eigenvalue weighted by molar-refractivity contribution is 7.16. The molecule has 2 aromatic rings. The predicted octanol–water partition coefficient (Wildman–Crippen LogP) is 4.08. The van der Waals surface area contributed by atoms with Gasteiger partial charge in [0.15, 0.2) is 0 Å². The van der Waals surface area contributed by atoms with Crippen LogP contribution in [0, 0.1) is 6.92 Å². The molecule has 0 aliphatic heterocycles. The molecule has 0 fully saturated rings. The molecular weight excluding hydrogens is 262 g/mol. The van der Waals surface area contributed by atoms with E-state index in [1.165, 1.54) is 16.0 Å². The number of hydrogen-bond acceptors (Lipinski definition) is 2. The van der Waals surface area contributed by atoms with Gasteiger partial charge in [0.2, 0.25) is 0 Å². The van der Waals surface area contributed by atoms with Crippen LogP contribution in [0.15, 0.2) is 36.4 Å². The fourth-order valence-electron chi connectivity index (χ4n) is 2.10. The van der Waals surface area contributed by atoms with Gasteiger partial charge in [0.1, 0.15) is 0 Å². The fraction of sp³-hybridized carbons (Fsp3) is 0.333. The molecule has 0 aliphatic rings. The molecule has 1 atom stereocenters. The van der Waals surface area contributed by atoms with E-state index in [1.54, 1.807) is 11.3 Å². The number of nitrogens with one attached hydrogen (secondary N) is 1. The molecule has 2 rings (SSSR count). The number of halogens is 1. The van der Waals surface area contributed by atoms with Gasteiger partial charge in [-0.1, -0.05) is 41.4 Å². The molecule has 18 heavy (non-hydrogen) atoms. The summed E-state index contributed by atoms with van der Waals surface area (Å²) in [5, 5.41) is 3.39. The Morgan fingerprint density at radius 1 is 1.22 bits per heavy atom. The molecular formula is C15H18ClNS. The van der Waals surface area contributed by atoms with E-state index in [9.17, 15) is 0 Å². The minimum Gasteiger partial charge on any atom is -0.316 e. The largest absolute Gasteiger partial charge is 0.316 e. The van der Waals surface area contributed by atoms with E-state index >= 15 is 0 Å². The van der Waals surface area contributed by atoms with Crippen molar-refractivity contribution >= 4 is 22.9 Å². The van der Waals surface area contributed by atoms with Gasteiger partial charge in [-0.25, -0.2) is 0 Å². The Bertz CT molecular complexity index is 507. The number of benzene rings is 1. The monoisotopic (exact) mass is 279 g/mol. The second kappa shape index (κ2) is 6.37. The Hall–Kier alpha value is -0.830. The lowest BCUT2D eigenvalue weighted by atomic mass is 10.0. The molecule has 1 N–H and O–H groups in total. The van der Waals surface area contributed by atoms with Gasteiger partial charge in [-0.15, -0.1) is 11.3 Å². The van der Waals surface area contributed by atoms with Crippen LogP contribution in [0.2, 0.25) is 4.34 Å². The number of rotatable bonds is 5. The predicted molar refractivity (Wildman–Crippen MR) is 80.8 cm³/mol. The minimum atomic E-state index is 0.460. The molecule has 0 bridgehead atoms. The lowest BCUT2D eigenvalue weighted by molar-refractivity contribution is 0.560. The number of likely N-dealkylation sites (N-methyl/N-ethyl adjacent to an activating group) is 1. The van der Waals surface area contributed by atoms with Crippen LogP contribution >= 0.6 is 22.9 Å². The molecule has 1 heterocycles. The topological polar surface area (TPSA) is 12.0 Å². The Kier molecular flexibility index (Phi) is 4.81. The SMILES string of the molecule is CNC(Cc1cccc(C)c1)Cc1ccc(Cl)s1. The third-order valence-electron chi connectivity index (χ3n) is 3.05. The fourth-order valence-corrected chi connectivity index (χ4v) is 3.27. The number of thiophene rings is 1. The molecule has 0 aliphatic carbocycles. The summed E-state index contributed by atoms with van der Waals surface area (Å²) in [5.41, 5.74) is 2.71. The van der Waals surface area contributed by atoms with Crippen molar-refractivity contribution in [3.8, 4) is 0 Å². The van der Waals surface area contributed by atoms with Gasteiger partial charge in [0.05, 0.1) is 4.34 Å². The van der Waals surface area contributed by atoms with Crippen molar-refractivity contribution in [1.82, 2.24) is 5.32 Å². The zero-order valence-electron chi connectivity index (χ0n) is 10.7. The lowest BCUT2D eigenvalue weighted by Gasteiger charge is -2.15. The van der Waals surface area contributed by atoms with Crippen LogP contribution in [0.5, 0.6) is 0 Å². The van der Waals surface area contributed by atoms with E-state index < -0.39 is 0 Å². The average Bonchev–Trinajstić information content (AvgIpc) is 2.74. The van der Waals surface area contributed by atoms with E-state index in [1.807, 2.05) is 13.1 Å². The Morgan fingerprint density at radius 2 is 2.06 bits per heavy atom. The highest BCUT2D eigenvalue weighted by atomic mass is 35.5. The summed E-state index contributed by atoms with van der Waals surface area (Å²) in [6, 6.07) is 13.3. The Balaban J connectivity index is 2.01. The molecule has 0 spiro atoms. The second-order valence-electron chi connectivity index (χ2n) is 4.59. The Labute approximate surface area is 118 Å². The number of hydrogen-bond donors (Lipinski definition) is 1. The van der Waals surface area contributed by atoms with Crippen LogP contribution in [0.1, 0.15) is 16.0 Å². The van der Waals surface area contributed by atoms with Crippen molar-refractivity contribution in [1.29, 1.82) is 0 Å². The van der Waals surface area contributed by atoms with Gasteiger partial charge in [-0.3, -0.25) is 0 Å². The molecule has 1 aromatic carbocycles. The van der Waals surface area contributed by atoms with Gasteiger partial charge < -0.3 is 5.32 Å². The van der Waals surface area contributed by atoms with E-state index in [4.69, 9.17) is 11.6 Å². The van der Waals surface area contributed by atoms with Gasteiger partial charge in [-0.05, 0) is 44.5 Å². The van der Waals surface area contributed by atoms with Crippen LogP contribution in [-0.4, -0.2) is 13.1 Å². The second-order valence-corrected chi connectivity index (χ2v) is 6.39. The molecule has 1 unspecified atom stereocenters. The summed E-state index contributed by atoms with van der Waals surface area (Å²) in [6.45, 7) is 2.14.